The zero-order valence-electron chi connectivity index (χ0n) is 13.8. The molecule has 1 aromatic carbocycles. The lowest BCUT2D eigenvalue weighted by atomic mass is 9.92. The van der Waals surface area contributed by atoms with Crippen molar-refractivity contribution in [3.05, 3.63) is 34.9 Å². The summed E-state index contributed by atoms with van der Waals surface area (Å²) in [6.07, 6.45) is 0. The van der Waals surface area contributed by atoms with Crippen molar-refractivity contribution in [2.24, 2.45) is 10.4 Å². The quantitative estimate of drug-likeness (QED) is 0.575. The van der Waals surface area contributed by atoms with Crippen molar-refractivity contribution < 1.29 is 4.79 Å². The number of carbonyl (C=O) groups is 1. The molecule has 22 heavy (non-hydrogen) atoms. The Morgan fingerprint density at radius 3 is 2.41 bits per heavy atom. The molecule has 0 aliphatic rings. The first-order chi connectivity index (χ1) is 10.3. The van der Waals surface area contributed by atoms with Gasteiger partial charge >= 0.3 is 0 Å². The number of nitrogens with zero attached hydrogens (tertiary/aromatic N) is 1. The first-order valence-corrected chi connectivity index (χ1v) is 7.63. The summed E-state index contributed by atoms with van der Waals surface area (Å²) in [5, 5.41) is 9.87. The standard InChI is InChI=1S/C16H25ClN4O/c1-11(12-6-8-13(17)9-7-12)21-15(19-5)20-10-16(2,3)14(22)18-4/h6-9,11H,10H2,1-5H3,(H,18,22)(H2,19,20,21). The van der Waals surface area contributed by atoms with E-state index >= 15 is 0 Å². The van der Waals surface area contributed by atoms with Gasteiger partial charge in [0.05, 0.1) is 11.5 Å². The highest BCUT2D eigenvalue weighted by atomic mass is 35.5. The lowest BCUT2D eigenvalue weighted by Gasteiger charge is -2.25. The number of aliphatic imine (C=N–C) groups is 1. The van der Waals surface area contributed by atoms with E-state index in [1.54, 1.807) is 14.1 Å². The topological polar surface area (TPSA) is 65.5 Å². The van der Waals surface area contributed by atoms with E-state index < -0.39 is 5.41 Å². The van der Waals surface area contributed by atoms with Crippen LogP contribution in [0.3, 0.4) is 0 Å². The summed E-state index contributed by atoms with van der Waals surface area (Å²) in [5.74, 6) is 0.639. The van der Waals surface area contributed by atoms with E-state index in [0.29, 0.717) is 17.5 Å². The molecule has 0 fully saturated rings. The molecule has 6 heteroatoms. The van der Waals surface area contributed by atoms with Crippen molar-refractivity contribution in [2.75, 3.05) is 20.6 Å². The van der Waals surface area contributed by atoms with E-state index in [0.717, 1.165) is 5.56 Å². The van der Waals surface area contributed by atoms with Gasteiger partial charge in [0, 0.05) is 25.7 Å². The molecule has 0 bridgehead atoms. The largest absolute Gasteiger partial charge is 0.359 e. The number of halogens is 1. The molecule has 0 heterocycles. The second-order valence-corrected chi connectivity index (χ2v) is 6.24. The number of amides is 1. The van der Waals surface area contributed by atoms with Gasteiger partial charge < -0.3 is 16.0 Å². The average molecular weight is 325 g/mol. The summed E-state index contributed by atoms with van der Waals surface area (Å²) < 4.78 is 0. The summed E-state index contributed by atoms with van der Waals surface area (Å²) in [6, 6.07) is 7.75. The van der Waals surface area contributed by atoms with Crippen LogP contribution in [-0.2, 0) is 4.79 Å². The van der Waals surface area contributed by atoms with E-state index in [4.69, 9.17) is 11.6 Å². The zero-order valence-corrected chi connectivity index (χ0v) is 14.6. The Kier molecular flexibility index (Phi) is 6.68. The molecule has 1 unspecified atom stereocenters. The molecule has 0 saturated carbocycles. The van der Waals surface area contributed by atoms with Crippen LogP contribution >= 0.6 is 11.6 Å². The number of guanidine groups is 1. The van der Waals surface area contributed by atoms with Crippen LogP contribution in [0.15, 0.2) is 29.3 Å². The van der Waals surface area contributed by atoms with Crippen LogP contribution in [0.5, 0.6) is 0 Å². The highest BCUT2D eigenvalue weighted by molar-refractivity contribution is 6.30. The van der Waals surface area contributed by atoms with Crippen molar-refractivity contribution in [3.63, 3.8) is 0 Å². The van der Waals surface area contributed by atoms with Crippen molar-refractivity contribution in [1.29, 1.82) is 0 Å². The van der Waals surface area contributed by atoms with E-state index in [1.165, 1.54) is 0 Å². The molecule has 0 radical (unpaired) electrons. The van der Waals surface area contributed by atoms with Crippen LogP contribution in [0.2, 0.25) is 5.02 Å². The summed E-state index contributed by atoms with van der Waals surface area (Å²) in [5.41, 5.74) is 0.591. The third-order valence-corrected chi connectivity index (χ3v) is 3.74. The average Bonchev–Trinajstić information content (AvgIpc) is 2.50. The van der Waals surface area contributed by atoms with E-state index in [1.807, 2.05) is 45.0 Å². The van der Waals surface area contributed by atoms with E-state index in [9.17, 15) is 4.79 Å². The van der Waals surface area contributed by atoms with Gasteiger partial charge in [-0.25, -0.2) is 0 Å². The number of rotatable bonds is 5. The summed E-state index contributed by atoms with van der Waals surface area (Å²) in [7, 11) is 3.34. The Morgan fingerprint density at radius 2 is 1.91 bits per heavy atom. The van der Waals surface area contributed by atoms with Crippen LogP contribution < -0.4 is 16.0 Å². The SMILES string of the molecule is CN=C(NCC(C)(C)C(=O)NC)NC(C)c1ccc(Cl)cc1. The monoisotopic (exact) mass is 324 g/mol. The molecular formula is C16H25ClN4O. The molecule has 1 atom stereocenters. The molecule has 5 nitrogen and oxygen atoms in total. The van der Waals surface area contributed by atoms with E-state index in [2.05, 4.69) is 20.9 Å². The van der Waals surface area contributed by atoms with Gasteiger partial charge in [0.2, 0.25) is 5.91 Å². The lowest BCUT2D eigenvalue weighted by molar-refractivity contribution is -0.128. The maximum atomic E-state index is 11.8. The molecule has 1 rings (SSSR count). The molecule has 3 N–H and O–H groups in total. The van der Waals surface area contributed by atoms with Crippen molar-refractivity contribution in [1.82, 2.24) is 16.0 Å². The fourth-order valence-electron chi connectivity index (χ4n) is 1.96. The number of hydrogen-bond donors (Lipinski definition) is 3. The molecule has 1 amide bonds. The van der Waals surface area contributed by atoms with Crippen LogP contribution in [0.4, 0.5) is 0 Å². The Morgan fingerprint density at radius 1 is 1.32 bits per heavy atom. The highest BCUT2D eigenvalue weighted by Gasteiger charge is 2.26. The minimum atomic E-state index is -0.518. The predicted molar refractivity (Wildman–Crippen MR) is 92.2 cm³/mol. The van der Waals surface area contributed by atoms with Crippen molar-refractivity contribution in [3.8, 4) is 0 Å². The second kappa shape index (κ2) is 8.03. The first kappa shape index (κ1) is 18.3. The molecule has 122 valence electrons. The minimum absolute atomic E-state index is 0.0128. The second-order valence-electron chi connectivity index (χ2n) is 5.81. The third kappa shape index (κ3) is 5.22. The number of carbonyl (C=O) groups excluding carboxylic acids is 1. The predicted octanol–water partition coefficient (Wildman–Crippen LogP) is 2.34. The molecule has 0 aromatic heterocycles. The Labute approximate surface area is 137 Å². The minimum Gasteiger partial charge on any atom is -0.359 e. The van der Waals surface area contributed by atoms with Crippen LogP contribution in [0, 0.1) is 5.41 Å². The van der Waals surface area contributed by atoms with Gasteiger partial charge in [-0.1, -0.05) is 23.7 Å². The third-order valence-electron chi connectivity index (χ3n) is 3.49. The van der Waals surface area contributed by atoms with E-state index in [-0.39, 0.29) is 11.9 Å². The van der Waals surface area contributed by atoms with Gasteiger partial charge in [0.15, 0.2) is 5.96 Å². The zero-order chi connectivity index (χ0) is 16.8. The number of hydrogen-bond acceptors (Lipinski definition) is 2. The van der Waals surface area contributed by atoms with Gasteiger partial charge in [-0.3, -0.25) is 9.79 Å². The molecule has 1 aromatic rings. The molecular weight excluding hydrogens is 300 g/mol. The van der Waals surface area contributed by atoms with Gasteiger partial charge in [-0.05, 0) is 38.5 Å². The molecule has 0 saturated heterocycles. The fourth-order valence-corrected chi connectivity index (χ4v) is 2.08. The molecule has 0 aliphatic carbocycles. The number of nitrogens with one attached hydrogen (secondary N) is 3. The Hall–Kier alpha value is -1.75. The molecule has 0 aliphatic heterocycles. The van der Waals surface area contributed by atoms with Crippen LogP contribution in [0.25, 0.3) is 0 Å². The Balaban J connectivity index is 2.62. The normalized spacial score (nSPS) is 13.5. The first-order valence-electron chi connectivity index (χ1n) is 7.25. The van der Waals surface area contributed by atoms with Gasteiger partial charge in [0.25, 0.3) is 0 Å². The fraction of sp³-hybridized carbons (Fsp3) is 0.500. The highest BCUT2D eigenvalue weighted by Crippen LogP contribution is 2.16. The van der Waals surface area contributed by atoms with Crippen molar-refractivity contribution >= 4 is 23.5 Å². The maximum Gasteiger partial charge on any atom is 0.227 e. The Bertz CT molecular complexity index is 525. The van der Waals surface area contributed by atoms with Crippen LogP contribution in [-0.4, -0.2) is 32.5 Å². The molecule has 0 spiro atoms. The number of benzene rings is 1. The lowest BCUT2D eigenvalue weighted by Crippen LogP contribution is -2.47. The van der Waals surface area contributed by atoms with Gasteiger partial charge in [-0.15, -0.1) is 0 Å². The van der Waals surface area contributed by atoms with Crippen molar-refractivity contribution in [2.45, 2.75) is 26.8 Å². The smallest absolute Gasteiger partial charge is 0.227 e. The summed E-state index contributed by atoms with van der Waals surface area (Å²) >= 11 is 5.90. The summed E-state index contributed by atoms with van der Waals surface area (Å²) in [6.45, 7) is 6.29. The van der Waals surface area contributed by atoms with Gasteiger partial charge in [0.1, 0.15) is 0 Å². The summed E-state index contributed by atoms with van der Waals surface area (Å²) in [4.78, 5) is 16.0. The van der Waals surface area contributed by atoms with Gasteiger partial charge in [-0.2, -0.15) is 0 Å². The maximum absolute atomic E-state index is 11.8. The van der Waals surface area contributed by atoms with Crippen LogP contribution in [0.1, 0.15) is 32.4 Å².